The van der Waals surface area contributed by atoms with Crippen molar-refractivity contribution in [1.29, 1.82) is 0 Å². The molecule has 0 aromatic heterocycles. The maximum Gasteiger partial charge on any atom is 0.254 e. The monoisotopic (exact) mass is 289 g/mol. The summed E-state index contributed by atoms with van der Waals surface area (Å²) in [6.45, 7) is 8.86. The molecular weight excluding hydrogens is 262 g/mol. The minimum atomic E-state index is 0.159. The average Bonchev–Trinajstić information content (AvgIpc) is 2.81. The fourth-order valence-electron chi connectivity index (χ4n) is 3.18. The molecule has 1 aromatic carbocycles. The number of hydrogen-bond donors (Lipinski definition) is 1. The molecular formula is C17H27N3O. The molecule has 1 fully saturated rings. The smallest absolute Gasteiger partial charge is 0.254 e. The van der Waals surface area contributed by atoms with Crippen molar-refractivity contribution in [2.75, 3.05) is 39.0 Å². The van der Waals surface area contributed by atoms with Gasteiger partial charge in [0.05, 0.1) is 0 Å². The summed E-state index contributed by atoms with van der Waals surface area (Å²) in [4.78, 5) is 16.9. The number of carbonyl (C=O) groups is 1. The lowest BCUT2D eigenvalue weighted by atomic mass is 10.1. The number of nitrogens with zero attached hydrogens (tertiary/aromatic N) is 2. The van der Waals surface area contributed by atoms with Crippen molar-refractivity contribution in [3.8, 4) is 0 Å². The van der Waals surface area contributed by atoms with E-state index in [4.69, 9.17) is 0 Å². The van der Waals surface area contributed by atoms with Crippen molar-refractivity contribution < 1.29 is 4.79 Å². The number of likely N-dealkylation sites (N-methyl/N-ethyl adjacent to an activating group) is 1. The fraction of sp³-hybridized carbons (Fsp3) is 0.588. The lowest BCUT2D eigenvalue weighted by Crippen LogP contribution is -2.36. The molecule has 1 aromatic rings. The lowest BCUT2D eigenvalue weighted by molar-refractivity contribution is 0.0780. The van der Waals surface area contributed by atoms with Gasteiger partial charge in [0, 0.05) is 36.9 Å². The zero-order valence-corrected chi connectivity index (χ0v) is 13.8. The van der Waals surface area contributed by atoms with Crippen LogP contribution in [-0.4, -0.2) is 55.5 Å². The van der Waals surface area contributed by atoms with Crippen LogP contribution >= 0.6 is 0 Å². The highest BCUT2D eigenvalue weighted by Gasteiger charge is 2.34. The van der Waals surface area contributed by atoms with Crippen molar-refractivity contribution in [3.63, 3.8) is 0 Å². The van der Waals surface area contributed by atoms with E-state index < -0.39 is 0 Å². The number of aryl methyl sites for hydroxylation is 1. The summed E-state index contributed by atoms with van der Waals surface area (Å²) in [5.41, 5.74) is 2.94. The van der Waals surface area contributed by atoms with Crippen LogP contribution in [0.15, 0.2) is 18.2 Å². The fourth-order valence-corrected chi connectivity index (χ4v) is 3.18. The molecule has 1 aliphatic rings. The first-order valence-electron chi connectivity index (χ1n) is 7.74. The van der Waals surface area contributed by atoms with Gasteiger partial charge in [-0.1, -0.05) is 6.92 Å². The summed E-state index contributed by atoms with van der Waals surface area (Å²) in [5, 5.41) is 3.28. The van der Waals surface area contributed by atoms with E-state index in [1.807, 2.05) is 24.0 Å². The number of hydrogen-bond acceptors (Lipinski definition) is 3. The molecule has 4 nitrogen and oxygen atoms in total. The van der Waals surface area contributed by atoms with E-state index >= 15 is 0 Å². The minimum Gasteiger partial charge on any atom is -0.385 e. The number of amides is 1. The Morgan fingerprint density at radius 3 is 2.62 bits per heavy atom. The maximum absolute atomic E-state index is 12.7. The molecule has 1 N–H and O–H groups in total. The summed E-state index contributed by atoms with van der Waals surface area (Å²) in [7, 11) is 4.18. The Balaban J connectivity index is 2.14. The molecule has 0 bridgehead atoms. The molecule has 4 heteroatoms. The summed E-state index contributed by atoms with van der Waals surface area (Å²) >= 11 is 0. The highest BCUT2D eigenvalue weighted by Crippen LogP contribution is 2.24. The molecule has 2 unspecified atom stereocenters. The molecule has 1 amide bonds. The Hall–Kier alpha value is -1.55. The van der Waals surface area contributed by atoms with Crippen molar-refractivity contribution in [2.45, 2.75) is 26.8 Å². The van der Waals surface area contributed by atoms with Gasteiger partial charge in [0.15, 0.2) is 0 Å². The molecule has 0 spiro atoms. The van der Waals surface area contributed by atoms with Crippen LogP contribution in [0.3, 0.4) is 0 Å². The number of anilines is 1. The third kappa shape index (κ3) is 3.38. The second kappa shape index (κ2) is 6.48. The first-order valence-corrected chi connectivity index (χ1v) is 7.74. The molecule has 2 atom stereocenters. The Labute approximate surface area is 128 Å². The molecule has 0 saturated carbocycles. The van der Waals surface area contributed by atoms with E-state index in [-0.39, 0.29) is 5.91 Å². The zero-order valence-electron chi connectivity index (χ0n) is 13.8. The molecule has 21 heavy (non-hydrogen) atoms. The van der Waals surface area contributed by atoms with E-state index in [0.29, 0.717) is 12.0 Å². The van der Waals surface area contributed by atoms with Gasteiger partial charge in [-0.05, 0) is 57.6 Å². The molecule has 1 heterocycles. The molecule has 0 radical (unpaired) electrons. The highest BCUT2D eigenvalue weighted by molar-refractivity contribution is 5.96. The number of likely N-dealkylation sites (tertiary alicyclic amines) is 1. The van der Waals surface area contributed by atoms with Crippen molar-refractivity contribution in [2.24, 2.45) is 5.92 Å². The van der Waals surface area contributed by atoms with E-state index in [1.54, 1.807) is 0 Å². The van der Waals surface area contributed by atoms with Gasteiger partial charge in [0.2, 0.25) is 0 Å². The van der Waals surface area contributed by atoms with Gasteiger partial charge in [-0.2, -0.15) is 0 Å². The van der Waals surface area contributed by atoms with Crippen LogP contribution in [0.2, 0.25) is 0 Å². The van der Waals surface area contributed by atoms with Gasteiger partial charge in [-0.25, -0.2) is 0 Å². The van der Waals surface area contributed by atoms with Gasteiger partial charge in [-0.15, -0.1) is 0 Å². The molecule has 116 valence electrons. The molecule has 2 rings (SSSR count). The summed E-state index contributed by atoms with van der Waals surface area (Å²) < 4.78 is 0. The van der Waals surface area contributed by atoms with Crippen LogP contribution in [0.1, 0.15) is 29.8 Å². The first kappa shape index (κ1) is 15.8. The summed E-state index contributed by atoms with van der Waals surface area (Å²) in [6, 6.07) is 6.45. The molecule has 1 saturated heterocycles. The Bertz CT molecular complexity index is 513. The quantitative estimate of drug-likeness (QED) is 0.925. The summed E-state index contributed by atoms with van der Waals surface area (Å²) in [5.74, 6) is 0.678. The van der Waals surface area contributed by atoms with Crippen molar-refractivity contribution >= 4 is 11.6 Å². The second-order valence-electron chi connectivity index (χ2n) is 6.28. The van der Waals surface area contributed by atoms with E-state index in [1.165, 1.54) is 0 Å². The van der Waals surface area contributed by atoms with Crippen molar-refractivity contribution in [1.82, 2.24) is 9.80 Å². The first-order chi connectivity index (χ1) is 9.93. The predicted octanol–water partition coefficient (Wildman–Crippen LogP) is 2.45. The Kier molecular flexibility index (Phi) is 4.88. The SMILES string of the molecule is CCNc1ccc(C(=O)N2CC(C)C(N(C)C)C2)c(C)c1. The van der Waals surface area contributed by atoms with Crippen LogP contribution < -0.4 is 5.32 Å². The molecule has 0 aliphatic carbocycles. The van der Waals surface area contributed by atoms with Crippen LogP contribution in [0.25, 0.3) is 0 Å². The number of rotatable bonds is 4. The third-order valence-electron chi connectivity index (χ3n) is 4.36. The van der Waals surface area contributed by atoms with E-state index in [2.05, 4.69) is 44.2 Å². The topological polar surface area (TPSA) is 35.6 Å². The predicted molar refractivity (Wildman–Crippen MR) is 87.9 cm³/mol. The second-order valence-corrected chi connectivity index (χ2v) is 6.28. The number of nitrogens with one attached hydrogen (secondary N) is 1. The van der Waals surface area contributed by atoms with Gasteiger partial charge < -0.3 is 15.1 Å². The summed E-state index contributed by atoms with van der Waals surface area (Å²) in [6.07, 6.45) is 0. The highest BCUT2D eigenvalue weighted by atomic mass is 16.2. The van der Waals surface area contributed by atoms with Gasteiger partial charge >= 0.3 is 0 Å². The third-order valence-corrected chi connectivity index (χ3v) is 4.36. The van der Waals surface area contributed by atoms with Crippen LogP contribution in [0.5, 0.6) is 0 Å². The minimum absolute atomic E-state index is 0.159. The van der Waals surface area contributed by atoms with Crippen LogP contribution in [0.4, 0.5) is 5.69 Å². The van der Waals surface area contributed by atoms with Gasteiger partial charge in [0.1, 0.15) is 0 Å². The largest absolute Gasteiger partial charge is 0.385 e. The normalized spacial score (nSPS) is 21.9. The van der Waals surface area contributed by atoms with Crippen molar-refractivity contribution in [3.05, 3.63) is 29.3 Å². The van der Waals surface area contributed by atoms with Crippen LogP contribution in [-0.2, 0) is 0 Å². The number of benzene rings is 1. The van der Waals surface area contributed by atoms with Gasteiger partial charge in [-0.3, -0.25) is 4.79 Å². The Morgan fingerprint density at radius 1 is 1.38 bits per heavy atom. The standard InChI is InChI=1S/C17H27N3O/c1-6-18-14-7-8-15(12(2)9-14)17(21)20-10-13(3)16(11-20)19(4)5/h7-9,13,16,18H,6,10-11H2,1-5H3. The lowest BCUT2D eigenvalue weighted by Gasteiger charge is -2.22. The van der Waals surface area contributed by atoms with Gasteiger partial charge in [0.25, 0.3) is 5.91 Å². The molecule has 1 aliphatic heterocycles. The Morgan fingerprint density at radius 2 is 2.10 bits per heavy atom. The van der Waals surface area contributed by atoms with Crippen LogP contribution in [0, 0.1) is 12.8 Å². The maximum atomic E-state index is 12.7. The number of carbonyl (C=O) groups excluding carboxylic acids is 1. The van der Waals surface area contributed by atoms with E-state index in [9.17, 15) is 4.79 Å². The average molecular weight is 289 g/mol. The zero-order chi connectivity index (χ0) is 15.6. The van der Waals surface area contributed by atoms with E-state index in [0.717, 1.165) is 36.4 Å².